The average Bonchev–Trinajstić information content (AvgIpc) is 3.26. The molecule has 1 amide bonds. The van der Waals surface area contributed by atoms with E-state index in [0.717, 1.165) is 23.0 Å². The lowest BCUT2D eigenvalue weighted by molar-refractivity contribution is -0.122. The third-order valence-corrected chi connectivity index (χ3v) is 5.45. The highest BCUT2D eigenvalue weighted by atomic mass is 35.5. The van der Waals surface area contributed by atoms with Gasteiger partial charge in [0, 0.05) is 18.2 Å². The van der Waals surface area contributed by atoms with Gasteiger partial charge in [0.05, 0.1) is 23.6 Å². The van der Waals surface area contributed by atoms with E-state index < -0.39 is 11.2 Å². The Hall–Kier alpha value is -2.90. The summed E-state index contributed by atoms with van der Waals surface area (Å²) in [4.78, 5) is 38.7. The largest absolute Gasteiger partial charge is 0.376 e. The first kappa shape index (κ1) is 20.4. The molecule has 3 aromatic rings. The second kappa shape index (κ2) is 8.85. The molecule has 2 aromatic carbocycles. The lowest BCUT2D eigenvalue weighted by Crippen LogP contribution is -2.43. The van der Waals surface area contributed by atoms with E-state index >= 15 is 0 Å². The highest BCUT2D eigenvalue weighted by molar-refractivity contribution is 6.30. The number of halogens is 1. The third-order valence-electron chi connectivity index (χ3n) is 5.21. The molecule has 1 atom stereocenters. The fraction of sp³-hybridized carbons (Fsp3) is 0.318. The van der Waals surface area contributed by atoms with E-state index in [9.17, 15) is 14.4 Å². The highest BCUT2D eigenvalue weighted by Gasteiger charge is 2.18. The van der Waals surface area contributed by atoms with Gasteiger partial charge >= 0.3 is 5.69 Å². The summed E-state index contributed by atoms with van der Waals surface area (Å²) in [6.45, 7) is 1.01. The van der Waals surface area contributed by atoms with Crippen LogP contribution >= 0.6 is 11.6 Å². The predicted octanol–water partition coefficient (Wildman–Crippen LogP) is 2.16. The van der Waals surface area contributed by atoms with Crippen molar-refractivity contribution in [1.82, 2.24) is 14.5 Å². The van der Waals surface area contributed by atoms with Crippen LogP contribution in [0.3, 0.4) is 0 Å². The molecule has 4 rings (SSSR count). The summed E-state index contributed by atoms with van der Waals surface area (Å²) in [5.74, 6) is -0.300. The van der Waals surface area contributed by atoms with E-state index in [1.165, 1.54) is 4.57 Å². The molecule has 0 radical (unpaired) electrons. The zero-order valence-electron chi connectivity index (χ0n) is 16.3. The van der Waals surface area contributed by atoms with Crippen molar-refractivity contribution >= 4 is 28.4 Å². The van der Waals surface area contributed by atoms with Gasteiger partial charge in [0.15, 0.2) is 0 Å². The van der Waals surface area contributed by atoms with Crippen molar-refractivity contribution in [2.45, 2.75) is 32.0 Å². The van der Waals surface area contributed by atoms with Crippen LogP contribution in [0, 0.1) is 0 Å². The SMILES string of the molecule is O=C(Cn1c(=O)n(Cc2cccc(Cl)c2)c(=O)c2ccccc21)NC[C@H]1CCCO1. The molecular weight excluding hydrogens is 406 g/mol. The van der Waals surface area contributed by atoms with Crippen LogP contribution in [0.25, 0.3) is 10.9 Å². The molecule has 1 aromatic heterocycles. The Morgan fingerprint density at radius 1 is 1.13 bits per heavy atom. The minimum absolute atomic E-state index is 0.0131. The molecule has 0 aliphatic carbocycles. The van der Waals surface area contributed by atoms with E-state index in [-0.39, 0.29) is 25.1 Å². The number of benzene rings is 2. The summed E-state index contributed by atoms with van der Waals surface area (Å²) in [6.07, 6.45) is 1.91. The Morgan fingerprint density at radius 3 is 2.73 bits per heavy atom. The number of amides is 1. The summed E-state index contributed by atoms with van der Waals surface area (Å²) in [5, 5.41) is 3.73. The Kier molecular flexibility index (Phi) is 6.01. The molecule has 1 N–H and O–H groups in total. The maximum Gasteiger partial charge on any atom is 0.332 e. The van der Waals surface area contributed by atoms with E-state index in [0.29, 0.717) is 29.1 Å². The Morgan fingerprint density at radius 2 is 1.97 bits per heavy atom. The zero-order chi connectivity index (χ0) is 21.1. The number of carbonyl (C=O) groups excluding carboxylic acids is 1. The van der Waals surface area contributed by atoms with Gasteiger partial charge in [-0.15, -0.1) is 0 Å². The summed E-state index contributed by atoms with van der Waals surface area (Å²) >= 11 is 6.04. The van der Waals surface area contributed by atoms with E-state index in [4.69, 9.17) is 16.3 Å². The maximum atomic E-state index is 13.2. The first-order chi connectivity index (χ1) is 14.5. The van der Waals surface area contributed by atoms with Gasteiger partial charge in [-0.1, -0.05) is 35.9 Å². The van der Waals surface area contributed by atoms with Gasteiger partial charge < -0.3 is 10.1 Å². The number of nitrogens with one attached hydrogen (secondary N) is 1. The molecule has 1 aliphatic rings. The summed E-state index contributed by atoms with van der Waals surface area (Å²) in [5.41, 5.74) is 0.228. The van der Waals surface area contributed by atoms with Crippen molar-refractivity contribution in [1.29, 1.82) is 0 Å². The van der Waals surface area contributed by atoms with Gasteiger partial charge in [0.2, 0.25) is 5.91 Å². The van der Waals surface area contributed by atoms with Gasteiger partial charge in [0.25, 0.3) is 5.56 Å². The predicted molar refractivity (Wildman–Crippen MR) is 115 cm³/mol. The number of para-hydroxylation sites is 1. The molecular formula is C22H22ClN3O4. The topological polar surface area (TPSA) is 82.3 Å². The number of rotatable bonds is 6. The Balaban J connectivity index is 1.68. The van der Waals surface area contributed by atoms with Gasteiger partial charge in [-0.2, -0.15) is 0 Å². The lowest BCUT2D eigenvalue weighted by Gasteiger charge is -2.15. The monoisotopic (exact) mass is 427 g/mol. The first-order valence-corrected chi connectivity index (χ1v) is 10.3. The second-order valence-corrected chi connectivity index (χ2v) is 7.78. The normalized spacial score (nSPS) is 16.1. The van der Waals surface area contributed by atoms with Crippen molar-refractivity contribution in [3.8, 4) is 0 Å². The van der Waals surface area contributed by atoms with Crippen LogP contribution in [0.2, 0.25) is 5.02 Å². The quantitative estimate of drug-likeness (QED) is 0.653. The van der Waals surface area contributed by atoms with Crippen LogP contribution in [-0.4, -0.2) is 34.3 Å². The standard InChI is InChI=1S/C22H22ClN3O4/c23-16-6-3-5-15(11-16)13-26-21(28)18-8-1-2-9-19(18)25(22(26)29)14-20(27)24-12-17-7-4-10-30-17/h1-3,5-6,8-9,11,17H,4,7,10,12-14H2,(H,24,27)/t17-/m1/s1. The first-order valence-electron chi connectivity index (χ1n) is 9.88. The Labute approximate surface area is 177 Å². The Bertz CT molecular complexity index is 1190. The lowest BCUT2D eigenvalue weighted by atomic mass is 10.2. The molecule has 0 saturated carbocycles. The molecule has 30 heavy (non-hydrogen) atoms. The van der Waals surface area contributed by atoms with Gasteiger partial charge in [-0.25, -0.2) is 4.79 Å². The van der Waals surface area contributed by atoms with Crippen molar-refractivity contribution in [3.05, 3.63) is 80.0 Å². The van der Waals surface area contributed by atoms with Crippen LogP contribution in [0.1, 0.15) is 18.4 Å². The van der Waals surface area contributed by atoms with Crippen molar-refractivity contribution < 1.29 is 9.53 Å². The van der Waals surface area contributed by atoms with Crippen molar-refractivity contribution in [2.75, 3.05) is 13.2 Å². The fourth-order valence-corrected chi connectivity index (χ4v) is 3.93. The van der Waals surface area contributed by atoms with Crippen LogP contribution in [-0.2, 0) is 22.6 Å². The molecule has 8 heteroatoms. The van der Waals surface area contributed by atoms with E-state index in [1.807, 2.05) is 0 Å². The summed E-state index contributed by atoms with van der Waals surface area (Å²) in [6, 6.07) is 13.8. The molecule has 1 aliphatic heterocycles. The van der Waals surface area contributed by atoms with Gasteiger partial charge in [-0.05, 0) is 42.7 Å². The molecule has 0 unspecified atom stereocenters. The van der Waals surface area contributed by atoms with Crippen LogP contribution in [0.4, 0.5) is 0 Å². The molecule has 7 nitrogen and oxygen atoms in total. The molecule has 1 fully saturated rings. The molecule has 2 heterocycles. The number of hydrogen-bond donors (Lipinski definition) is 1. The van der Waals surface area contributed by atoms with Gasteiger partial charge in [0.1, 0.15) is 6.54 Å². The molecule has 0 spiro atoms. The number of aromatic nitrogens is 2. The van der Waals surface area contributed by atoms with E-state index in [2.05, 4.69) is 5.32 Å². The highest BCUT2D eigenvalue weighted by Crippen LogP contribution is 2.13. The number of hydrogen-bond acceptors (Lipinski definition) is 4. The summed E-state index contributed by atoms with van der Waals surface area (Å²) in [7, 11) is 0. The minimum Gasteiger partial charge on any atom is -0.376 e. The number of nitrogens with zero attached hydrogens (tertiary/aromatic N) is 2. The number of fused-ring (bicyclic) bond motifs is 1. The fourth-order valence-electron chi connectivity index (χ4n) is 3.71. The number of ether oxygens (including phenoxy) is 1. The van der Waals surface area contributed by atoms with Crippen molar-refractivity contribution in [2.24, 2.45) is 0 Å². The van der Waals surface area contributed by atoms with Crippen LogP contribution in [0.15, 0.2) is 58.1 Å². The average molecular weight is 428 g/mol. The van der Waals surface area contributed by atoms with E-state index in [1.54, 1.807) is 48.5 Å². The van der Waals surface area contributed by atoms with Crippen molar-refractivity contribution in [3.63, 3.8) is 0 Å². The molecule has 1 saturated heterocycles. The molecule has 0 bridgehead atoms. The number of carbonyl (C=O) groups is 1. The van der Waals surface area contributed by atoms with Crippen LogP contribution in [0.5, 0.6) is 0 Å². The summed E-state index contributed by atoms with van der Waals surface area (Å²) < 4.78 is 8.00. The molecule has 156 valence electrons. The smallest absolute Gasteiger partial charge is 0.332 e. The van der Waals surface area contributed by atoms with Crippen LogP contribution < -0.4 is 16.6 Å². The minimum atomic E-state index is -0.536. The zero-order valence-corrected chi connectivity index (χ0v) is 17.1. The second-order valence-electron chi connectivity index (χ2n) is 7.35. The third kappa shape index (κ3) is 4.32. The maximum absolute atomic E-state index is 13.2. The van der Waals surface area contributed by atoms with Gasteiger partial charge in [-0.3, -0.25) is 18.7 Å².